The van der Waals surface area contributed by atoms with Crippen molar-refractivity contribution in [3.8, 4) is 0 Å². The normalized spacial score (nSPS) is 35.7. The maximum Gasteiger partial charge on any atom is 0.337 e. The lowest BCUT2D eigenvalue weighted by Crippen LogP contribution is -2.56. The van der Waals surface area contributed by atoms with Crippen LogP contribution in [0.25, 0.3) is 0 Å². The Hall–Kier alpha value is -3.43. The molecule has 10 nitrogen and oxygen atoms in total. The van der Waals surface area contributed by atoms with Gasteiger partial charge in [0, 0.05) is 11.8 Å². The van der Waals surface area contributed by atoms with Crippen molar-refractivity contribution in [2.45, 2.75) is 19.3 Å². The number of fused-ring (bicyclic) bond motifs is 7. The van der Waals surface area contributed by atoms with Crippen molar-refractivity contribution in [3.05, 3.63) is 35.6 Å². The molecule has 1 saturated heterocycles. The molecule has 34 heavy (non-hydrogen) atoms. The Morgan fingerprint density at radius 3 is 1.85 bits per heavy atom. The number of esters is 4. The Kier molecular flexibility index (Phi) is 5.26. The largest absolute Gasteiger partial charge is 0.492 e. The van der Waals surface area contributed by atoms with Gasteiger partial charge in [-0.05, 0) is 24.8 Å². The third-order valence-electron chi connectivity index (χ3n) is 7.76. The summed E-state index contributed by atoms with van der Waals surface area (Å²) in [6.07, 6.45) is -0.415. The molecule has 2 saturated carbocycles. The summed E-state index contributed by atoms with van der Waals surface area (Å²) in [6, 6.07) is 0. The van der Waals surface area contributed by atoms with Gasteiger partial charge in [0.1, 0.15) is 28.6 Å². The minimum Gasteiger partial charge on any atom is -0.492 e. The van der Waals surface area contributed by atoms with Crippen LogP contribution in [0.3, 0.4) is 0 Å². The van der Waals surface area contributed by atoms with E-state index in [0.29, 0.717) is 11.1 Å². The quantitative estimate of drug-likeness (QED) is 0.252. The van der Waals surface area contributed by atoms with E-state index in [-0.39, 0.29) is 37.2 Å². The monoisotopic (exact) mass is 474 g/mol. The molecule has 3 fully saturated rings. The fourth-order valence-corrected chi connectivity index (χ4v) is 6.89. The van der Waals surface area contributed by atoms with Gasteiger partial charge in [-0.25, -0.2) is 4.79 Å². The van der Waals surface area contributed by atoms with Crippen LogP contribution in [0.1, 0.15) is 19.3 Å². The number of carbonyl (C=O) groups excluding carboxylic acids is 5. The molecule has 182 valence electrons. The van der Waals surface area contributed by atoms with Crippen LogP contribution in [-0.4, -0.2) is 64.7 Å². The van der Waals surface area contributed by atoms with Crippen molar-refractivity contribution >= 4 is 29.7 Å². The standard InChI is InChI=1S/C24H26O10/c1-11-7-22(19(27)31-4)14-13(17(25)30-3)16-23(20(28)32-5,9-12(2)10-34-16)15(14)24(8-11,18(22)26)21(29)33-6/h14-15H,1-2,7-10H2,3-6H3/t14-,15-,22+,23-,24-/m1/s1. The van der Waals surface area contributed by atoms with E-state index in [0.717, 1.165) is 28.4 Å². The number of hydrogen-bond donors (Lipinski definition) is 0. The summed E-state index contributed by atoms with van der Waals surface area (Å²) in [6.45, 7) is 7.90. The predicted octanol–water partition coefficient (Wildman–Crippen LogP) is 1.05. The summed E-state index contributed by atoms with van der Waals surface area (Å²) in [4.78, 5) is 67.8. The number of carbonyl (C=O) groups is 5. The lowest BCUT2D eigenvalue weighted by molar-refractivity contribution is -0.172. The number of rotatable bonds is 4. The van der Waals surface area contributed by atoms with Crippen LogP contribution in [0.5, 0.6) is 0 Å². The van der Waals surface area contributed by atoms with Gasteiger partial charge in [0.2, 0.25) is 0 Å². The van der Waals surface area contributed by atoms with Crippen LogP contribution >= 0.6 is 0 Å². The van der Waals surface area contributed by atoms with Gasteiger partial charge in [0.25, 0.3) is 0 Å². The molecule has 1 heterocycles. The highest BCUT2D eigenvalue weighted by atomic mass is 16.5. The Morgan fingerprint density at radius 2 is 1.29 bits per heavy atom. The molecule has 0 amide bonds. The molecular weight excluding hydrogens is 448 g/mol. The van der Waals surface area contributed by atoms with E-state index >= 15 is 0 Å². The van der Waals surface area contributed by atoms with Gasteiger partial charge in [-0.3, -0.25) is 19.2 Å². The van der Waals surface area contributed by atoms with Gasteiger partial charge in [-0.2, -0.15) is 0 Å². The summed E-state index contributed by atoms with van der Waals surface area (Å²) in [5, 5.41) is 0. The zero-order valence-electron chi connectivity index (χ0n) is 19.5. The van der Waals surface area contributed by atoms with Crippen molar-refractivity contribution in [3.63, 3.8) is 0 Å². The van der Waals surface area contributed by atoms with E-state index in [4.69, 9.17) is 23.7 Å². The molecule has 3 aliphatic carbocycles. The second kappa shape index (κ2) is 7.54. The summed E-state index contributed by atoms with van der Waals surface area (Å²) in [7, 11) is 4.50. The lowest BCUT2D eigenvalue weighted by Gasteiger charge is -2.45. The first-order valence-electron chi connectivity index (χ1n) is 10.6. The number of methoxy groups -OCH3 is 4. The van der Waals surface area contributed by atoms with E-state index in [1.54, 1.807) is 0 Å². The predicted molar refractivity (Wildman–Crippen MR) is 112 cm³/mol. The number of ketones is 1. The molecule has 0 unspecified atom stereocenters. The minimum absolute atomic E-state index is 0.00881. The summed E-state index contributed by atoms with van der Waals surface area (Å²) >= 11 is 0. The Bertz CT molecular complexity index is 1100. The highest BCUT2D eigenvalue weighted by Gasteiger charge is 2.86. The molecule has 4 aliphatic rings. The SMILES string of the molecule is C=C1COC2=C(C(=O)OC)[C@@H]3[C@@H]([C@]4(C(=O)OC)CC(=C)C[C@@]3(C(=O)OC)C4=O)[C@]2(C(=O)OC)C1. The van der Waals surface area contributed by atoms with Crippen molar-refractivity contribution in [2.24, 2.45) is 28.1 Å². The smallest absolute Gasteiger partial charge is 0.337 e. The maximum absolute atomic E-state index is 14.2. The third-order valence-corrected chi connectivity index (χ3v) is 7.76. The number of Topliss-reactive ketones (excluding diaryl/α,β-unsaturated/α-hetero) is 1. The molecule has 0 radical (unpaired) electrons. The van der Waals surface area contributed by atoms with Gasteiger partial charge >= 0.3 is 23.9 Å². The van der Waals surface area contributed by atoms with Crippen LogP contribution in [-0.2, 0) is 47.7 Å². The molecule has 4 rings (SSSR count). The van der Waals surface area contributed by atoms with Crippen LogP contribution in [0.15, 0.2) is 35.6 Å². The Morgan fingerprint density at radius 1 is 0.794 bits per heavy atom. The minimum atomic E-state index is -2.01. The lowest BCUT2D eigenvalue weighted by atomic mass is 9.58. The molecule has 1 aliphatic heterocycles. The van der Waals surface area contributed by atoms with Gasteiger partial charge in [-0.1, -0.05) is 18.7 Å². The van der Waals surface area contributed by atoms with E-state index < -0.39 is 57.7 Å². The first-order chi connectivity index (χ1) is 16.0. The average molecular weight is 474 g/mol. The topological polar surface area (TPSA) is 132 Å². The van der Waals surface area contributed by atoms with Crippen molar-refractivity contribution in [1.29, 1.82) is 0 Å². The van der Waals surface area contributed by atoms with Crippen LogP contribution in [0, 0.1) is 28.1 Å². The average Bonchev–Trinajstić information content (AvgIpc) is 3.19. The maximum atomic E-state index is 14.2. The fraction of sp³-hybridized carbons (Fsp3) is 0.542. The third kappa shape index (κ3) is 2.43. The molecule has 2 bridgehead atoms. The second-order valence-electron chi connectivity index (χ2n) is 9.23. The Labute approximate surface area is 195 Å². The molecule has 0 N–H and O–H groups in total. The molecule has 10 heteroatoms. The Balaban J connectivity index is 2.20. The van der Waals surface area contributed by atoms with Crippen molar-refractivity contribution in [1.82, 2.24) is 0 Å². The summed E-state index contributed by atoms with van der Waals surface area (Å²) < 4.78 is 26.2. The van der Waals surface area contributed by atoms with E-state index in [1.807, 2.05) is 0 Å². The van der Waals surface area contributed by atoms with Crippen molar-refractivity contribution in [2.75, 3.05) is 35.0 Å². The zero-order valence-corrected chi connectivity index (χ0v) is 19.5. The van der Waals surface area contributed by atoms with Crippen LogP contribution < -0.4 is 0 Å². The summed E-state index contributed by atoms with van der Waals surface area (Å²) in [5.41, 5.74) is -5.08. The highest BCUT2D eigenvalue weighted by molar-refractivity contribution is 6.21. The molecule has 0 aromatic rings. The van der Waals surface area contributed by atoms with E-state index in [2.05, 4.69) is 13.2 Å². The molecule has 0 spiro atoms. The number of ether oxygens (including phenoxy) is 5. The number of allylic oxidation sites excluding steroid dienone is 1. The highest BCUT2D eigenvalue weighted by Crippen LogP contribution is 2.75. The first kappa shape index (κ1) is 23.7. The van der Waals surface area contributed by atoms with Gasteiger partial charge < -0.3 is 23.7 Å². The zero-order chi connectivity index (χ0) is 25.2. The van der Waals surface area contributed by atoms with Gasteiger partial charge in [-0.15, -0.1) is 0 Å². The van der Waals surface area contributed by atoms with Crippen LogP contribution in [0.4, 0.5) is 0 Å². The fourth-order valence-electron chi connectivity index (χ4n) is 6.89. The second-order valence-corrected chi connectivity index (χ2v) is 9.23. The van der Waals surface area contributed by atoms with Crippen molar-refractivity contribution < 1.29 is 47.7 Å². The first-order valence-corrected chi connectivity index (χ1v) is 10.6. The van der Waals surface area contributed by atoms with E-state index in [1.165, 1.54) is 0 Å². The van der Waals surface area contributed by atoms with E-state index in [9.17, 15) is 24.0 Å². The molecule has 5 atom stereocenters. The molecule has 0 aromatic heterocycles. The molecule has 0 aromatic carbocycles. The molecular formula is C24H26O10. The number of hydrogen-bond acceptors (Lipinski definition) is 10. The summed E-state index contributed by atoms with van der Waals surface area (Å²) in [5.74, 6) is -6.99. The van der Waals surface area contributed by atoms with Gasteiger partial charge in [0.05, 0.1) is 34.0 Å². The van der Waals surface area contributed by atoms with Gasteiger partial charge in [0.15, 0.2) is 5.78 Å². The van der Waals surface area contributed by atoms with Crippen LogP contribution in [0.2, 0.25) is 0 Å².